The third-order valence-electron chi connectivity index (χ3n) is 5.64. The van der Waals surface area contributed by atoms with Crippen LogP contribution >= 0.6 is 0 Å². The molecule has 0 unspecified atom stereocenters. The molecule has 2 aromatic carbocycles. The van der Waals surface area contributed by atoms with E-state index in [4.69, 9.17) is 4.74 Å². The number of nitrogens with zero attached hydrogens (tertiary/aromatic N) is 2. The van der Waals surface area contributed by atoms with Gasteiger partial charge in [0.1, 0.15) is 5.75 Å². The first-order chi connectivity index (χ1) is 14.8. The first-order valence-corrected chi connectivity index (χ1v) is 12.0. The minimum absolute atomic E-state index is 0.172. The van der Waals surface area contributed by atoms with Gasteiger partial charge in [-0.1, -0.05) is 18.2 Å². The molecule has 0 spiro atoms. The van der Waals surface area contributed by atoms with Gasteiger partial charge in [-0.05, 0) is 62.2 Å². The minimum Gasteiger partial charge on any atom is -0.497 e. The first kappa shape index (κ1) is 23.2. The molecule has 1 amide bonds. The van der Waals surface area contributed by atoms with Crippen molar-refractivity contribution in [3.63, 3.8) is 0 Å². The van der Waals surface area contributed by atoms with Crippen molar-refractivity contribution in [2.75, 3.05) is 46.9 Å². The molecule has 1 heterocycles. The number of carbonyl (C=O) groups excluding carboxylic acids is 1. The molecule has 1 aliphatic heterocycles. The fourth-order valence-electron chi connectivity index (χ4n) is 3.57. The Hall–Kier alpha value is -2.42. The van der Waals surface area contributed by atoms with Gasteiger partial charge in [0.25, 0.3) is 5.91 Å². The number of hydrogen-bond acceptors (Lipinski definition) is 5. The number of methoxy groups -OCH3 is 1. The van der Waals surface area contributed by atoms with Gasteiger partial charge in [0, 0.05) is 38.3 Å². The van der Waals surface area contributed by atoms with Crippen molar-refractivity contribution >= 4 is 15.9 Å². The molecule has 168 valence electrons. The molecule has 0 bridgehead atoms. The number of likely N-dealkylation sites (N-methyl/N-ethyl adjacent to an activating group) is 1. The number of amides is 1. The normalized spacial score (nSPS) is 15.6. The van der Waals surface area contributed by atoms with Crippen LogP contribution in [0.15, 0.2) is 47.4 Å². The predicted molar refractivity (Wildman–Crippen MR) is 121 cm³/mol. The number of sulfonamides is 1. The topological polar surface area (TPSA) is 78.9 Å². The van der Waals surface area contributed by atoms with Crippen LogP contribution in [0.2, 0.25) is 0 Å². The number of carbonyl (C=O) groups is 1. The quantitative estimate of drug-likeness (QED) is 0.631. The summed E-state index contributed by atoms with van der Waals surface area (Å²) in [4.78, 5) is 15.0. The second kappa shape index (κ2) is 10.3. The number of hydrogen-bond donors (Lipinski definition) is 1. The highest BCUT2D eigenvalue weighted by Gasteiger charge is 2.28. The van der Waals surface area contributed by atoms with Crippen LogP contribution < -0.4 is 10.1 Å². The summed E-state index contributed by atoms with van der Waals surface area (Å²) in [5, 5.41) is 2.92. The zero-order valence-corrected chi connectivity index (χ0v) is 19.2. The third-order valence-corrected chi connectivity index (χ3v) is 7.54. The zero-order chi connectivity index (χ0) is 22.4. The van der Waals surface area contributed by atoms with Gasteiger partial charge in [-0.25, -0.2) is 8.42 Å². The average Bonchev–Trinajstić information content (AvgIpc) is 2.77. The largest absolute Gasteiger partial charge is 0.497 e. The van der Waals surface area contributed by atoms with Crippen molar-refractivity contribution in [3.8, 4) is 5.75 Å². The SMILES string of the molecule is COc1ccc(CCCNC(=O)c2cc(S(=O)(=O)N3CCN(C)CC3)ccc2C)cc1. The summed E-state index contributed by atoms with van der Waals surface area (Å²) in [5.74, 6) is 0.571. The standard InChI is InChI=1S/C23H31N3O4S/c1-18-6-11-21(31(28,29)26-15-13-25(2)14-16-26)17-22(18)23(27)24-12-4-5-19-7-9-20(30-3)10-8-19/h6-11,17H,4-5,12-16H2,1-3H3,(H,24,27). The van der Waals surface area contributed by atoms with E-state index in [1.54, 1.807) is 19.2 Å². The molecule has 7 nitrogen and oxygen atoms in total. The molecule has 0 atom stereocenters. The minimum atomic E-state index is -3.61. The molecule has 31 heavy (non-hydrogen) atoms. The molecule has 1 aliphatic rings. The number of rotatable bonds is 8. The van der Waals surface area contributed by atoms with E-state index >= 15 is 0 Å². The Bertz CT molecular complexity index is 998. The maximum Gasteiger partial charge on any atom is 0.251 e. The van der Waals surface area contributed by atoms with Gasteiger partial charge in [-0.3, -0.25) is 4.79 Å². The highest BCUT2D eigenvalue weighted by molar-refractivity contribution is 7.89. The molecule has 8 heteroatoms. The van der Waals surface area contributed by atoms with E-state index in [1.165, 1.54) is 15.9 Å². The van der Waals surface area contributed by atoms with E-state index in [0.717, 1.165) is 24.2 Å². The summed E-state index contributed by atoms with van der Waals surface area (Å²) in [7, 11) is 0.00710. The summed E-state index contributed by atoms with van der Waals surface area (Å²) in [5.41, 5.74) is 2.33. The van der Waals surface area contributed by atoms with E-state index in [2.05, 4.69) is 10.2 Å². The van der Waals surface area contributed by atoms with Crippen molar-refractivity contribution in [3.05, 3.63) is 59.2 Å². The summed E-state index contributed by atoms with van der Waals surface area (Å²) in [6, 6.07) is 12.7. The van der Waals surface area contributed by atoms with E-state index in [-0.39, 0.29) is 10.8 Å². The van der Waals surface area contributed by atoms with Gasteiger partial charge in [0.15, 0.2) is 0 Å². The van der Waals surface area contributed by atoms with Crippen molar-refractivity contribution in [1.29, 1.82) is 0 Å². The van der Waals surface area contributed by atoms with E-state index < -0.39 is 10.0 Å². The first-order valence-electron chi connectivity index (χ1n) is 10.5. The van der Waals surface area contributed by atoms with Crippen LogP contribution in [0.25, 0.3) is 0 Å². The van der Waals surface area contributed by atoms with Crippen LogP contribution in [-0.2, 0) is 16.4 Å². The third kappa shape index (κ3) is 5.84. The smallest absolute Gasteiger partial charge is 0.251 e. The molecule has 0 aliphatic carbocycles. The average molecular weight is 446 g/mol. The Labute approximate surface area is 185 Å². The van der Waals surface area contributed by atoms with Gasteiger partial charge >= 0.3 is 0 Å². The molecule has 1 fully saturated rings. The number of ether oxygens (including phenoxy) is 1. The molecular weight excluding hydrogens is 414 g/mol. The van der Waals surface area contributed by atoms with Gasteiger partial charge in [0.05, 0.1) is 12.0 Å². The van der Waals surface area contributed by atoms with Crippen LogP contribution in [0, 0.1) is 6.92 Å². The van der Waals surface area contributed by atoms with Gasteiger partial charge in [-0.2, -0.15) is 4.31 Å². The summed E-state index contributed by atoms with van der Waals surface area (Å²) >= 11 is 0. The maximum atomic E-state index is 13.0. The van der Waals surface area contributed by atoms with E-state index in [9.17, 15) is 13.2 Å². The lowest BCUT2D eigenvalue weighted by molar-refractivity contribution is 0.0952. The monoisotopic (exact) mass is 445 g/mol. The van der Waals surface area contributed by atoms with Gasteiger partial charge in [-0.15, -0.1) is 0 Å². The molecule has 0 aromatic heterocycles. The Morgan fingerprint density at radius 2 is 1.74 bits per heavy atom. The Morgan fingerprint density at radius 3 is 2.39 bits per heavy atom. The fourth-order valence-corrected chi connectivity index (χ4v) is 5.01. The van der Waals surface area contributed by atoms with Crippen LogP contribution in [0.5, 0.6) is 5.75 Å². The number of aryl methyl sites for hydroxylation is 2. The predicted octanol–water partition coefficient (Wildman–Crippen LogP) is 2.30. The number of benzene rings is 2. The highest BCUT2D eigenvalue weighted by Crippen LogP contribution is 2.21. The fraction of sp³-hybridized carbons (Fsp3) is 0.435. The maximum absolute atomic E-state index is 13.0. The highest BCUT2D eigenvalue weighted by atomic mass is 32.2. The molecular formula is C23H31N3O4S. The van der Waals surface area contributed by atoms with Crippen molar-refractivity contribution < 1.29 is 17.9 Å². The van der Waals surface area contributed by atoms with Crippen LogP contribution in [0.3, 0.4) is 0 Å². The lowest BCUT2D eigenvalue weighted by Gasteiger charge is -2.31. The number of nitrogens with one attached hydrogen (secondary N) is 1. The molecule has 2 aromatic rings. The molecule has 1 N–H and O–H groups in total. The lowest BCUT2D eigenvalue weighted by atomic mass is 10.1. The summed E-state index contributed by atoms with van der Waals surface area (Å²) < 4.78 is 32.7. The lowest BCUT2D eigenvalue weighted by Crippen LogP contribution is -2.47. The summed E-state index contributed by atoms with van der Waals surface area (Å²) in [6.45, 7) is 4.65. The second-order valence-corrected chi connectivity index (χ2v) is 9.83. The second-order valence-electron chi connectivity index (χ2n) is 7.89. The molecule has 1 saturated heterocycles. The van der Waals surface area contributed by atoms with Crippen LogP contribution in [0.4, 0.5) is 0 Å². The Morgan fingerprint density at radius 1 is 1.06 bits per heavy atom. The zero-order valence-electron chi connectivity index (χ0n) is 18.4. The van der Waals surface area contributed by atoms with Crippen LogP contribution in [-0.4, -0.2) is 70.4 Å². The molecule has 0 radical (unpaired) electrons. The van der Waals surface area contributed by atoms with Crippen molar-refractivity contribution in [2.24, 2.45) is 0 Å². The van der Waals surface area contributed by atoms with Crippen molar-refractivity contribution in [1.82, 2.24) is 14.5 Å². The number of piperazine rings is 1. The van der Waals surface area contributed by atoms with Gasteiger partial charge in [0.2, 0.25) is 10.0 Å². The van der Waals surface area contributed by atoms with Crippen LogP contribution in [0.1, 0.15) is 27.9 Å². The molecule has 0 saturated carbocycles. The Balaban J connectivity index is 1.60. The van der Waals surface area contributed by atoms with E-state index in [0.29, 0.717) is 38.3 Å². The van der Waals surface area contributed by atoms with Gasteiger partial charge < -0.3 is 15.0 Å². The van der Waals surface area contributed by atoms with E-state index in [1.807, 2.05) is 38.2 Å². The Kier molecular flexibility index (Phi) is 7.69. The van der Waals surface area contributed by atoms with Crippen molar-refractivity contribution in [2.45, 2.75) is 24.7 Å². The molecule has 3 rings (SSSR count). The summed E-state index contributed by atoms with van der Waals surface area (Å²) in [6.07, 6.45) is 1.62.